The van der Waals surface area contributed by atoms with Gasteiger partial charge in [-0.1, -0.05) is 17.7 Å². The highest BCUT2D eigenvalue weighted by atomic mass is 35.5. The number of nitrogens with one attached hydrogen (secondary N) is 1. The van der Waals surface area contributed by atoms with E-state index < -0.39 is 0 Å². The second-order valence-corrected chi connectivity index (χ2v) is 3.83. The van der Waals surface area contributed by atoms with Gasteiger partial charge in [0.05, 0.1) is 0 Å². The largest absolute Gasteiger partial charge is 0.492 e. The summed E-state index contributed by atoms with van der Waals surface area (Å²) in [6.07, 6.45) is 0. The summed E-state index contributed by atoms with van der Waals surface area (Å²) in [5.74, 6) is 0.796. The van der Waals surface area contributed by atoms with E-state index in [-0.39, 0.29) is 0 Å². The van der Waals surface area contributed by atoms with Crippen molar-refractivity contribution in [2.45, 2.75) is 13.0 Å². The predicted octanol–water partition coefficient (Wildman–Crippen LogP) is 1.66. The van der Waals surface area contributed by atoms with Crippen molar-refractivity contribution in [3.05, 3.63) is 29.3 Å². The molecule has 0 saturated heterocycles. The van der Waals surface area contributed by atoms with Crippen molar-refractivity contribution in [2.24, 2.45) is 5.73 Å². The van der Waals surface area contributed by atoms with Gasteiger partial charge in [0.15, 0.2) is 0 Å². The number of rotatable bonds is 6. The van der Waals surface area contributed by atoms with Crippen molar-refractivity contribution < 1.29 is 4.74 Å². The Morgan fingerprint density at radius 3 is 3.00 bits per heavy atom. The van der Waals surface area contributed by atoms with E-state index in [1.807, 2.05) is 25.1 Å². The van der Waals surface area contributed by atoms with Crippen LogP contribution in [0.25, 0.3) is 0 Å². The Hall–Kier alpha value is -0.770. The summed E-state index contributed by atoms with van der Waals surface area (Å²) in [5.41, 5.74) is 5.46. The quantitative estimate of drug-likeness (QED) is 0.728. The predicted molar refractivity (Wildman–Crippen MR) is 63.5 cm³/mol. The fraction of sp³-hybridized carbons (Fsp3) is 0.455. The fourth-order valence-electron chi connectivity index (χ4n) is 1.11. The molecule has 15 heavy (non-hydrogen) atoms. The SMILES string of the molecule is C[C@@H](CN)NCCOc1cccc(Cl)c1. The first kappa shape index (κ1) is 12.3. The van der Waals surface area contributed by atoms with E-state index in [0.717, 1.165) is 12.3 Å². The summed E-state index contributed by atoms with van der Waals surface area (Å²) in [6.45, 7) is 4.08. The molecular formula is C11H17ClN2O. The summed E-state index contributed by atoms with van der Waals surface area (Å²) in [4.78, 5) is 0. The number of halogens is 1. The maximum absolute atomic E-state index is 5.82. The van der Waals surface area contributed by atoms with Gasteiger partial charge in [0.2, 0.25) is 0 Å². The Balaban J connectivity index is 2.20. The van der Waals surface area contributed by atoms with E-state index in [2.05, 4.69) is 5.32 Å². The number of hydrogen-bond acceptors (Lipinski definition) is 3. The molecule has 0 spiro atoms. The Bertz CT molecular complexity index is 294. The molecule has 84 valence electrons. The zero-order valence-corrected chi connectivity index (χ0v) is 9.63. The molecule has 0 aliphatic rings. The van der Waals surface area contributed by atoms with Gasteiger partial charge < -0.3 is 15.8 Å². The highest BCUT2D eigenvalue weighted by Crippen LogP contribution is 2.16. The van der Waals surface area contributed by atoms with Crippen LogP contribution in [0.5, 0.6) is 5.75 Å². The summed E-state index contributed by atoms with van der Waals surface area (Å²) < 4.78 is 5.49. The van der Waals surface area contributed by atoms with Gasteiger partial charge in [0.25, 0.3) is 0 Å². The summed E-state index contributed by atoms with van der Waals surface area (Å²) in [6, 6.07) is 7.70. The number of hydrogen-bond donors (Lipinski definition) is 2. The minimum atomic E-state index is 0.327. The zero-order valence-electron chi connectivity index (χ0n) is 8.87. The lowest BCUT2D eigenvalue weighted by Gasteiger charge is -2.11. The van der Waals surface area contributed by atoms with Crippen molar-refractivity contribution in [3.63, 3.8) is 0 Å². The van der Waals surface area contributed by atoms with Crippen LogP contribution >= 0.6 is 11.6 Å². The van der Waals surface area contributed by atoms with Crippen molar-refractivity contribution in [1.29, 1.82) is 0 Å². The van der Waals surface area contributed by atoms with Gasteiger partial charge in [-0.05, 0) is 25.1 Å². The van der Waals surface area contributed by atoms with E-state index in [0.29, 0.717) is 24.2 Å². The molecule has 3 N–H and O–H groups in total. The lowest BCUT2D eigenvalue weighted by molar-refractivity contribution is 0.307. The van der Waals surface area contributed by atoms with Crippen molar-refractivity contribution in [2.75, 3.05) is 19.7 Å². The molecule has 1 aromatic rings. The molecular weight excluding hydrogens is 212 g/mol. The first-order valence-electron chi connectivity index (χ1n) is 5.04. The molecule has 1 rings (SSSR count). The smallest absolute Gasteiger partial charge is 0.120 e. The maximum atomic E-state index is 5.82. The molecule has 0 fully saturated rings. The van der Waals surface area contributed by atoms with E-state index in [1.165, 1.54) is 0 Å². The van der Waals surface area contributed by atoms with Crippen LogP contribution in [0.4, 0.5) is 0 Å². The summed E-state index contributed by atoms with van der Waals surface area (Å²) in [7, 11) is 0. The Labute approximate surface area is 95.6 Å². The lowest BCUT2D eigenvalue weighted by Crippen LogP contribution is -2.35. The minimum Gasteiger partial charge on any atom is -0.492 e. The lowest BCUT2D eigenvalue weighted by atomic mass is 10.3. The molecule has 0 radical (unpaired) electrons. The summed E-state index contributed by atoms with van der Waals surface area (Å²) >= 11 is 5.82. The van der Waals surface area contributed by atoms with E-state index in [1.54, 1.807) is 6.07 Å². The molecule has 1 atom stereocenters. The van der Waals surface area contributed by atoms with Crippen LogP contribution in [0, 0.1) is 0 Å². The second kappa shape index (κ2) is 6.67. The molecule has 0 heterocycles. The topological polar surface area (TPSA) is 47.3 Å². The number of ether oxygens (including phenoxy) is 1. The van der Waals surface area contributed by atoms with Crippen molar-refractivity contribution in [3.8, 4) is 5.75 Å². The first-order valence-corrected chi connectivity index (χ1v) is 5.42. The number of nitrogens with two attached hydrogens (primary N) is 1. The van der Waals surface area contributed by atoms with Crippen LogP contribution in [0.3, 0.4) is 0 Å². The first-order chi connectivity index (χ1) is 7.22. The molecule has 0 aromatic heterocycles. The van der Waals surface area contributed by atoms with E-state index in [4.69, 9.17) is 22.1 Å². The van der Waals surface area contributed by atoms with E-state index >= 15 is 0 Å². The third-order valence-electron chi connectivity index (χ3n) is 2.01. The van der Waals surface area contributed by atoms with Gasteiger partial charge in [0, 0.05) is 24.2 Å². The van der Waals surface area contributed by atoms with Crippen LogP contribution in [0.15, 0.2) is 24.3 Å². The van der Waals surface area contributed by atoms with Gasteiger partial charge in [-0.2, -0.15) is 0 Å². The molecule has 0 aliphatic heterocycles. The Kier molecular flexibility index (Phi) is 5.47. The number of benzene rings is 1. The molecule has 0 amide bonds. The van der Waals surface area contributed by atoms with Crippen LogP contribution in [0.2, 0.25) is 5.02 Å². The fourth-order valence-corrected chi connectivity index (χ4v) is 1.29. The molecule has 1 aromatic carbocycles. The molecule has 0 saturated carbocycles. The molecule has 0 unspecified atom stereocenters. The van der Waals surface area contributed by atoms with Crippen molar-refractivity contribution >= 4 is 11.6 Å². The average Bonchev–Trinajstić information content (AvgIpc) is 2.24. The monoisotopic (exact) mass is 228 g/mol. The van der Waals surface area contributed by atoms with Crippen LogP contribution in [-0.2, 0) is 0 Å². The normalized spacial score (nSPS) is 12.5. The van der Waals surface area contributed by atoms with Gasteiger partial charge in [-0.15, -0.1) is 0 Å². The third-order valence-corrected chi connectivity index (χ3v) is 2.25. The van der Waals surface area contributed by atoms with Crippen LogP contribution < -0.4 is 15.8 Å². The van der Waals surface area contributed by atoms with Crippen LogP contribution in [-0.4, -0.2) is 25.7 Å². The van der Waals surface area contributed by atoms with E-state index in [9.17, 15) is 0 Å². The second-order valence-electron chi connectivity index (χ2n) is 3.40. The Morgan fingerprint density at radius 1 is 1.53 bits per heavy atom. The standard InChI is InChI=1S/C11H17ClN2O/c1-9(8-13)14-5-6-15-11-4-2-3-10(12)7-11/h2-4,7,9,14H,5-6,8,13H2,1H3/t9-/m0/s1. The zero-order chi connectivity index (χ0) is 11.1. The average molecular weight is 229 g/mol. The Morgan fingerprint density at radius 2 is 2.33 bits per heavy atom. The highest BCUT2D eigenvalue weighted by molar-refractivity contribution is 6.30. The summed E-state index contributed by atoms with van der Waals surface area (Å²) in [5, 5.41) is 3.92. The van der Waals surface area contributed by atoms with Crippen LogP contribution in [0.1, 0.15) is 6.92 Å². The molecule has 0 aliphatic carbocycles. The molecule has 3 nitrogen and oxygen atoms in total. The van der Waals surface area contributed by atoms with Gasteiger partial charge in [-0.3, -0.25) is 0 Å². The van der Waals surface area contributed by atoms with Crippen molar-refractivity contribution in [1.82, 2.24) is 5.32 Å². The minimum absolute atomic E-state index is 0.327. The van der Waals surface area contributed by atoms with Gasteiger partial charge in [-0.25, -0.2) is 0 Å². The maximum Gasteiger partial charge on any atom is 0.120 e. The third kappa shape index (κ3) is 5.02. The molecule has 4 heteroatoms. The van der Waals surface area contributed by atoms with Gasteiger partial charge >= 0.3 is 0 Å². The highest BCUT2D eigenvalue weighted by Gasteiger charge is 1.97. The molecule has 0 bridgehead atoms. The van der Waals surface area contributed by atoms with Gasteiger partial charge in [0.1, 0.15) is 12.4 Å².